The van der Waals surface area contributed by atoms with Gasteiger partial charge in [0.05, 0.1) is 22.9 Å². The van der Waals surface area contributed by atoms with Crippen molar-refractivity contribution in [3.05, 3.63) is 71.3 Å². The molecule has 186 valence electrons. The smallest absolute Gasteiger partial charge is 0.323 e. The summed E-state index contributed by atoms with van der Waals surface area (Å²) in [5, 5.41) is 13.9. The van der Waals surface area contributed by atoms with Crippen molar-refractivity contribution in [3.63, 3.8) is 0 Å². The monoisotopic (exact) mass is 521 g/mol. The number of unbranched alkanes of at least 4 members (excludes halogenated alkanes) is 3. The molecule has 0 aliphatic carbocycles. The van der Waals surface area contributed by atoms with Crippen LogP contribution in [0.5, 0.6) is 5.75 Å². The number of thiocarbonyl (C=S) groups is 1. The lowest BCUT2D eigenvalue weighted by Gasteiger charge is -2.10. The second kappa shape index (κ2) is 12.0. The maximum absolute atomic E-state index is 12.8. The molecular formula is C27H27N3O4S2. The van der Waals surface area contributed by atoms with Crippen LogP contribution in [-0.4, -0.2) is 49.1 Å². The fraction of sp³-hybridized carbons (Fsp3) is 0.259. The van der Waals surface area contributed by atoms with E-state index in [1.165, 1.54) is 12.8 Å². The van der Waals surface area contributed by atoms with E-state index in [0.29, 0.717) is 17.2 Å². The van der Waals surface area contributed by atoms with Crippen molar-refractivity contribution in [2.75, 3.05) is 13.2 Å². The highest BCUT2D eigenvalue weighted by Crippen LogP contribution is 2.35. The van der Waals surface area contributed by atoms with E-state index < -0.39 is 18.4 Å². The van der Waals surface area contributed by atoms with Crippen LogP contribution < -0.4 is 4.74 Å². The Balaban J connectivity index is 1.62. The summed E-state index contributed by atoms with van der Waals surface area (Å²) in [6.45, 7) is 2.41. The van der Waals surface area contributed by atoms with Gasteiger partial charge >= 0.3 is 5.97 Å². The Bertz CT molecular complexity index is 1270. The van der Waals surface area contributed by atoms with Crippen molar-refractivity contribution in [1.82, 2.24) is 14.7 Å². The van der Waals surface area contributed by atoms with Crippen LogP contribution in [0.4, 0.5) is 0 Å². The Morgan fingerprint density at radius 1 is 1.11 bits per heavy atom. The average Bonchev–Trinajstić information content (AvgIpc) is 3.41. The molecule has 0 radical (unpaired) electrons. The fourth-order valence-electron chi connectivity index (χ4n) is 3.77. The van der Waals surface area contributed by atoms with E-state index in [9.17, 15) is 9.59 Å². The van der Waals surface area contributed by atoms with Crippen molar-refractivity contribution in [2.45, 2.75) is 32.6 Å². The first-order chi connectivity index (χ1) is 17.5. The van der Waals surface area contributed by atoms with Gasteiger partial charge in [0.25, 0.3) is 5.91 Å². The molecule has 1 saturated heterocycles. The SMILES string of the molecule is CCCCCCOc1ccc(-c2nn(-c3ccccc3)cc2C=C2SC(=S)N(CC(=O)O)C2=O)cc1. The number of amides is 1. The van der Waals surface area contributed by atoms with Gasteiger partial charge in [-0.25, -0.2) is 4.68 Å². The van der Waals surface area contributed by atoms with Crippen molar-refractivity contribution >= 4 is 46.3 Å². The highest BCUT2D eigenvalue weighted by atomic mass is 32.2. The zero-order valence-electron chi connectivity index (χ0n) is 19.9. The van der Waals surface area contributed by atoms with E-state index in [0.717, 1.165) is 52.1 Å². The summed E-state index contributed by atoms with van der Waals surface area (Å²) in [5.74, 6) is -0.732. The quantitative estimate of drug-likeness (QED) is 0.194. The van der Waals surface area contributed by atoms with Crippen LogP contribution in [0.25, 0.3) is 23.0 Å². The van der Waals surface area contributed by atoms with Crippen LogP contribution in [0.15, 0.2) is 65.7 Å². The minimum atomic E-state index is -1.11. The van der Waals surface area contributed by atoms with Gasteiger partial charge in [-0.2, -0.15) is 5.10 Å². The van der Waals surface area contributed by atoms with Crippen LogP contribution in [0.3, 0.4) is 0 Å². The van der Waals surface area contributed by atoms with Gasteiger partial charge in [-0.3, -0.25) is 14.5 Å². The Kier molecular flexibility index (Phi) is 8.56. The van der Waals surface area contributed by atoms with Crippen LogP contribution in [0.2, 0.25) is 0 Å². The number of aromatic nitrogens is 2. The molecule has 0 spiro atoms. The summed E-state index contributed by atoms with van der Waals surface area (Å²) < 4.78 is 7.86. The number of thioether (sulfide) groups is 1. The zero-order chi connectivity index (χ0) is 25.5. The number of carboxylic acids is 1. The number of para-hydroxylation sites is 1. The zero-order valence-corrected chi connectivity index (χ0v) is 21.6. The molecule has 1 fully saturated rings. The number of ether oxygens (including phenoxy) is 1. The van der Waals surface area contributed by atoms with Gasteiger partial charge in [-0.15, -0.1) is 0 Å². The molecule has 3 aromatic rings. The van der Waals surface area contributed by atoms with Gasteiger partial charge in [0, 0.05) is 17.3 Å². The van der Waals surface area contributed by atoms with E-state index in [4.69, 9.17) is 27.2 Å². The lowest BCUT2D eigenvalue weighted by atomic mass is 10.1. The molecule has 1 N–H and O–H groups in total. The highest BCUT2D eigenvalue weighted by molar-refractivity contribution is 8.26. The van der Waals surface area contributed by atoms with Gasteiger partial charge < -0.3 is 9.84 Å². The summed E-state index contributed by atoms with van der Waals surface area (Å²) in [6.07, 6.45) is 8.17. The predicted molar refractivity (Wildman–Crippen MR) is 146 cm³/mol. The summed E-state index contributed by atoms with van der Waals surface area (Å²) >= 11 is 6.33. The molecule has 1 aliphatic rings. The fourth-order valence-corrected chi connectivity index (χ4v) is 5.02. The third-order valence-corrected chi connectivity index (χ3v) is 6.99. The van der Waals surface area contributed by atoms with Crippen LogP contribution >= 0.6 is 24.0 Å². The van der Waals surface area contributed by atoms with Crippen LogP contribution in [0, 0.1) is 0 Å². The Morgan fingerprint density at radius 2 is 1.86 bits per heavy atom. The van der Waals surface area contributed by atoms with Gasteiger partial charge in [0.1, 0.15) is 16.6 Å². The number of hydrogen-bond acceptors (Lipinski definition) is 6. The van der Waals surface area contributed by atoms with E-state index in [1.54, 1.807) is 10.8 Å². The number of carboxylic acid groups (broad SMARTS) is 1. The predicted octanol–water partition coefficient (Wildman–Crippen LogP) is 5.78. The van der Waals surface area contributed by atoms with Crippen molar-refractivity contribution in [3.8, 4) is 22.7 Å². The van der Waals surface area contributed by atoms with Gasteiger partial charge in [0.15, 0.2) is 0 Å². The van der Waals surface area contributed by atoms with Crippen molar-refractivity contribution < 1.29 is 19.4 Å². The molecule has 0 atom stereocenters. The highest BCUT2D eigenvalue weighted by Gasteiger charge is 2.33. The number of carbonyl (C=O) groups is 2. The first-order valence-corrected chi connectivity index (χ1v) is 13.0. The molecule has 1 amide bonds. The van der Waals surface area contributed by atoms with Gasteiger partial charge in [-0.1, -0.05) is 68.4 Å². The summed E-state index contributed by atoms with van der Waals surface area (Å²) in [5.41, 5.74) is 3.17. The molecule has 2 heterocycles. The second-order valence-electron chi connectivity index (χ2n) is 8.31. The minimum absolute atomic E-state index is 0.228. The van der Waals surface area contributed by atoms with E-state index in [-0.39, 0.29) is 4.32 Å². The molecular weight excluding hydrogens is 494 g/mol. The van der Waals surface area contributed by atoms with Gasteiger partial charge in [0.2, 0.25) is 0 Å². The van der Waals surface area contributed by atoms with Gasteiger partial charge in [-0.05, 0) is 48.9 Å². The number of carbonyl (C=O) groups excluding carboxylic acids is 1. The second-order valence-corrected chi connectivity index (χ2v) is 9.98. The third kappa shape index (κ3) is 6.22. The number of rotatable bonds is 11. The number of benzene rings is 2. The van der Waals surface area contributed by atoms with Crippen LogP contribution in [0.1, 0.15) is 38.2 Å². The summed E-state index contributed by atoms with van der Waals surface area (Å²) in [4.78, 5) is 25.4. The molecule has 9 heteroatoms. The first kappa shape index (κ1) is 25.7. The molecule has 0 bridgehead atoms. The average molecular weight is 522 g/mol. The standard InChI is InChI=1S/C27H27N3O4S2/c1-2-3-4-8-15-34-22-13-11-19(12-14-22)25-20(17-30(28-25)21-9-6-5-7-10-21)16-23-26(33)29(18-24(31)32)27(35)36-23/h5-7,9-14,16-17H,2-4,8,15,18H2,1H3,(H,31,32). The molecule has 2 aromatic carbocycles. The largest absolute Gasteiger partial charge is 0.494 e. The van der Waals surface area contributed by atoms with Crippen molar-refractivity contribution in [2.24, 2.45) is 0 Å². The van der Waals surface area contributed by atoms with E-state index >= 15 is 0 Å². The maximum atomic E-state index is 12.8. The van der Waals surface area contributed by atoms with E-state index in [1.807, 2.05) is 60.8 Å². The van der Waals surface area contributed by atoms with Crippen molar-refractivity contribution in [1.29, 1.82) is 0 Å². The summed E-state index contributed by atoms with van der Waals surface area (Å²) in [7, 11) is 0. The third-order valence-electron chi connectivity index (χ3n) is 5.61. The Hall–Kier alpha value is -3.43. The topological polar surface area (TPSA) is 84.7 Å². The van der Waals surface area contributed by atoms with E-state index in [2.05, 4.69) is 6.92 Å². The molecule has 1 aliphatic heterocycles. The van der Waals surface area contributed by atoms with Crippen LogP contribution in [-0.2, 0) is 9.59 Å². The molecule has 7 nitrogen and oxygen atoms in total. The normalized spacial score (nSPS) is 14.6. The molecule has 36 heavy (non-hydrogen) atoms. The first-order valence-electron chi connectivity index (χ1n) is 11.8. The Labute approximate surface area is 219 Å². The molecule has 4 rings (SSSR count). The molecule has 1 aromatic heterocycles. The maximum Gasteiger partial charge on any atom is 0.323 e. The minimum Gasteiger partial charge on any atom is -0.494 e. The lowest BCUT2D eigenvalue weighted by Crippen LogP contribution is -2.33. The molecule has 0 unspecified atom stereocenters. The summed E-state index contributed by atoms with van der Waals surface area (Å²) in [6, 6.07) is 17.4. The molecule has 0 saturated carbocycles. The number of nitrogens with zero attached hydrogens (tertiary/aromatic N) is 3. The lowest BCUT2D eigenvalue weighted by molar-refractivity contribution is -0.140. The number of hydrogen-bond donors (Lipinski definition) is 1. The Morgan fingerprint density at radius 3 is 2.56 bits per heavy atom. The number of aliphatic carboxylic acids is 1.